The highest BCUT2D eigenvalue weighted by Crippen LogP contribution is 2.14. The van der Waals surface area contributed by atoms with Gasteiger partial charge in [0.15, 0.2) is 0 Å². The van der Waals surface area contributed by atoms with E-state index < -0.39 is 0 Å². The van der Waals surface area contributed by atoms with Gasteiger partial charge in [0.05, 0.1) is 24.6 Å². The summed E-state index contributed by atoms with van der Waals surface area (Å²) >= 11 is 5.59. The summed E-state index contributed by atoms with van der Waals surface area (Å²) in [6.07, 6.45) is 4.35. The van der Waals surface area contributed by atoms with Crippen molar-refractivity contribution in [3.8, 4) is 0 Å². The predicted octanol–water partition coefficient (Wildman–Crippen LogP) is 1.17. The number of likely N-dealkylation sites (tertiary alicyclic amines) is 1. The smallest absolute Gasteiger partial charge is 0.229 e. The van der Waals surface area contributed by atoms with Crippen LogP contribution in [0, 0.1) is 0 Å². The maximum absolute atomic E-state index is 11.5. The number of amides is 2. The van der Waals surface area contributed by atoms with Crippen molar-refractivity contribution in [3.63, 3.8) is 0 Å². The summed E-state index contributed by atoms with van der Waals surface area (Å²) < 4.78 is 0. The minimum atomic E-state index is -0.145. The van der Waals surface area contributed by atoms with Crippen molar-refractivity contribution in [2.45, 2.75) is 25.8 Å². The van der Waals surface area contributed by atoms with Crippen LogP contribution in [0.5, 0.6) is 0 Å². The molecule has 6 heteroatoms. The molecule has 1 saturated heterocycles. The molecule has 0 saturated carbocycles. The molecule has 5 nitrogen and oxygen atoms in total. The summed E-state index contributed by atoms with van der Waals surface area (Å²) in [6.45, 7) is 0.182. The van der Waals surface area contributed by atoms with Crippen molar-refractivity contribution in [3.05, 3.63) is 23.2 Å². The van der Waals surface area contributed by atoms with Crippen LogP contribution in [0.1, 0.15) is 25.0 Å². The van der Waals surface area contributed by atoms with Gasteiger partial charge < -0.3 is 0 Å². The molecule has 0 radical (unpaired) electrons. The van der Waals surface area contributed by atoms with Gasteiger partial charge in [-0.1, -0.05) is 11.6 Å². The summed E-state index contributed by atoms with van der Waals surface area (Å²) in [4.78, 5) is 32.1. The van der Waals surface area contributed by atoms with Gasteiger partial charge in [0, 0.05) is 12.8 Å². The third kappa shape index (κ3) is 2.36. The number of rotatable bonds is 2. The maximum atomic E-state index is 11.5. The Kier molecular flexibility index (Phi) is 3.14. The van der Waals surface area contributed by atoms with Crippen LogP contribution in [-0.4, -0.2) is 26.7 Å². The van der Waals surface area contributed by atoms with Crippen molar-refractivity contribution >= 4 is 23.4 Å². The Hall–Kier alpha value is -1.49. The van der Waals surface area contributed by atoms with Crippen LogP contribution >= 0.6 is 11.6 Å². The van der Waals surface area contributed by atoms with E-state index in [0.29, 0.717) is 30.1 Å². The summed E-state index contributed by atoms with van der Waals surface area (Å²) in [7, 11) is 0. The second-order valence-corrected chi connectivity index (χ2v) is 3.94. The Morgan fingerprint density at radius 3 is 2.44 bits per heavy atom. The van der Waals surface area contributed by atoms with Crippen molar-refractivity contribution in [1.82, 2.24) is 14.9 Å². The van der Waals surface area contributed by atoms with Crippen LogP contribution in [0.4, 0.5) is 0 Å². The van der Waals surface area contributed by atoms with Gasteiger partial charge >= 0.3 is 0 Å². The first-order chi connectivity index (χ1) is 7.66. The van der Waals surface area contributed by atoms with Crippen molar-refractivity contribution in [2.24, 2.45) is 0 Å². The zero-order valence-electron chi connectivity index (χ0n) is 8.52. The van der Waals surface area contributed by atoms with Gasteiger partial charge in [-0.25, -0.2) is 4.98 Å². The quantitative estimate of drug-likeness (QED) is 0.727. The molecule has 0 unspecified atom stereocenters. The molecular formula is C10H10ClN3O2. The molecule has 1 fully saturated rings. The lowest BCUT2D eigenvalue weighted by atomic mass is 10.1. The Balaban J connectivity index is 2.10. The molecule has 16 heavy (non-hydrogen) atoms. The van der Waals surface area contributed by atoms with Gasteiger partial charge in [-0.3, -0.25) is 19.5 Å². The summed E-state index contributed by atoms with van der Waals surface area (Å²) in [6, 6.07) is 0. The Morgan fingerprint density at radius 2 is 1.88 bits per heavy atom. The van der Waals surface area contributed by atoms with E-state index in [4.69, 9.17) is 11.6 Å². The van der Waals surface area contributed by atoms with Crippen molar-refractivity contribution in [2.75, 3.05) is 0 Å². The van der Waals surface area contributed by atoms with Crippen molar-refractivity contribution in [1.29, 1.82) is 0 Å². The first-order valence-corrected chi connectivity index (χ1v) is 5.34. The molecule has 1 aliphatic rings. The third-order valence-corrected chi connectivity index (χ3v) is 2.57. The van der Waals surface area contributed by atoms with E-state index in [1.54, 1.807) is 0 Å². The molecule has 1 aromatic heterocycles. The molecule has 2 heterocycles. The van der Waals surface area contributed by atoms with E-state index in [-0.39, 0.29) is 18.4 Å². The topological polar surface area (TPSA) is 63.2 Å². The average molecular weight is 240 g/mol. The largest absolute Gasteiger partial charge is 0.276 e. The Labute approximate surface area is 97.4 Å². The predicted molar refractivity (Wildman–Crippen MR) is 56.5 cm³/mol. The molecule has 2 amide bonds. The molecule has 0 N–H and O–H groups in total. The highest BCUT2D eigenvalue weighted by Gasteiger charge is 2.26. The van der Waals surface area contributed by atoms with E-state index >= 15 is 0 Å². The molecule has 1 aliphatic heterocycles. The van der Waals surface area contributed by atoms with Crippen LogP contribution < -0.4 is 0 Å². The zero-order valence-corrected chi connectivity index (χ0v) is 9.28. The normalized spacial score (nSPS) is 16.7. The lowest BCUT2D eigenvalue weighted by molar-refractivity contribution is -0.148. The fourth-order valence-electron chi connectivity index (χ4n) is 1.56. The van der Waals surface area contributed by atoms with Crippen LogP contribution in [0.25, 0.3) is 0 Å². The molecule has 0 spiro atoms. The number of halogens is 1. The summed E-state index contributed by atoms with van der Waals surface area (Å²) in [5.41, 5.74) is 0.563. The summed E-state index contributed by atoms with van der Waals surface area (Å²) in [5, 5.41) is 0.292. The van der Waals surface area contributed by atoms with E-state index in [1.165, 1.54) is 17.3 Å². The van der Waals surface area contributed by atoms with Crippen LogP contribution in [0.2, 0.25) is 5.15 Å². The molecule has 0 bridgehead atoms. The molecule has 0 aliphatic carbocycles. The molecule has 84 valence electrons. The summed E-state index contributed by atoms with van der Waals surface area (Å²) in [5.74, 6) is -0.291. The van der Waals surface area contributed by atoms with Gasteiger partial charge in [0.1, 0.15) is 5.15 Å². The number of hydrogen-bond donors (Lipinski definition) is 0. The van der Waals surface area contributed by atoms with Gasteiger partial charge in [-0.05, 0) is 6.42 Å². The second kappa shape index (κ2) is 4.57. The van der Waals surface area contributed by atoms with Crippen LogP contribution in [0.3, 0.4) is 0 Å². The lowest BCUT2D eigenvalue weighted by Gasteiger charge is -2.24. The standard InChI is InChI=1S/C10H10ClN3O2/c11-8-5-12-7(4-13-8)6-14-9(15)2-1-3-10(14)16/h4-5H,1-3,6H2. The second-order valence-electron chi connectivity index (χ2n) is 3.56. The van der Waals surface area contributed by atoms with E-state index in [2.05, 4.69) is 9.97 Å². The monoisotopic (exact) mass is 239 g/mol. The minimum Gasteiger partial charge on any atom is -0.276 e. The number of hydrogen-bond acceptors (Lipinski definition) is 4. The van der Waals surface area contributed by atoms with Gasteiger partial charge in [-0.2, -0.15) is 0 Å². The lowest BCUT2D eigenvalue weighted by Crippen LogP contribution is -2.39. The molecule has 1 aromatic rings. The fraction of sp³-hybridized carbons (Fsp3) is 0.400. The molecule has 0 atom stereocenters. The molecule has 0 aromatic carbocycles. The molecular weight excluding hydrogens is 230 g/mol. The minimum absolute atomic E-state index is 0.145. The zero-order chi connectivity index (χ0) is 11.5. The van der Waals surface area contributed by atoms with Gasteiger partial charge in [-0.15, -0.1) is 0 Å². The van der Waals surface area contributed by atoms with Crippen molar-refractivity contribution < 1.29 is 9.59 Å². The molecule has 2 rings (SSSR count). The number of carbonyl (C=O) groups is 2. The Bertz CT molecular complexity index is 403. The third-order valence-electron chi connectivity index (χ3n) is 2.38. The number of piperidine rings is 1. The SMILES string of the molecule is O=C1CCCC(=O)N1Cc1cnc(Cl)cn1. The van der Waals surface area contributed by atoms with Crippen LogP contribution in [-0.2, 0) is 16.1 Å². The van der Waals surface area contributed by atoms with E-state index in [9.17, 15) is 9.59 Å². The number of imide groups is 1. The van der Waals surface area contributed by atoms with E-state index in [1.807, 2.05) is 0 Å². The number of aromatic nitrogens is 2. The van der Waals surface area contributed by atoms with Gasteiger partial charge in [0.25, 0.3) is 0 Å². The number of carbonyl (C=O) groups excluding carboxylic acids is 2. The Morgan fingerprint density at radius 1 is 1.19 bits per heavy atom. The van der Waals surface area contributed by atoms with Crippen LogP contribution in [0.15, 0.2) is 12.4 Å². The maximum Gasteiger partial charge on any atom is 0.229 e. The highest BCUT2D eigenvalue weighted by molar-refractivity contribution is 6.29. The number of nitrogens with zero attached hydrogens (tertiary/aromatic N) is 3. The first kappa shape index (κ1) is 11.0. The average Bonchev–Trinajstić information content (AvgIpc) is 2.26. The first-order valence-electron chi connectivity index (χ1n) is 4.96. The van der Waals surface area contributed by atoms with Gasteiger partial charge in [0.2, 0.25) is 11.8 Å². The fourth-order valence-corrected chi connectivity index (χ4v) is 1.66. The highest BCUT2D eigenvalue weighted by atomic mass is 35.5. The van der Waals surface area contributed by atoms with E-state index in [0.717, 1.165) is 0 Å².